The van der Waals surface area contributed by atoms with E-state index in [2.05, 4.69) is 26.8 Å². The normalized spacial score (nSPS) is 15.7. The summed E-state index contributed by atoms with van der Waals surface area (Å²) < 4.78 is 5.30. The molecule has 128 valence electrons. The highest BCUT2D eigenvalue weighted by molar-refractivity contribution is 5.77. The Morgan fingerprint density at radius 2 is 2.00 bits per heavy atom. The fraction of sp³-hybridized carbons (Fsp3) is 0.500. The number of anilines is 2. The topological polar surface area (TPSA) is 77.2 Å². The molecule has 0 atom stereocenters. The van der Waals surface area contributed by atoms with E-state index in [9.17, 15) is 0 Å². The molecule has 6 nitrogen and oxygen atoms in total. The SMILES string of the molecule is CCc1ncnc(N2CCC(COC)CC2)c1-c1ccc(N)nc1. The van der Waals surface area contributed by atoms with Crippen molar-refractivity contribution in [3.8, 4) is 11.1 Å². The van der Waals surface area contributed by atoms with E-state index in [0.717, 1.165) is 61.6 Å². The quantitative estimate of drug-likeness (QED) is 0.909. The first-order chi connectivity index (χ1) is 11.7. The van der Waals surface area contributed by atoms with E-state index >= 15 is 0 Å². The molecule has 1 fully saturated rings. The lowest BCUT2D eigenvalue weighted by Crippen LogP contribution is -2.36. The lowest BCUT2D eigenvalue weighted by Gasteiger charge is -2.33. The van der Waals surface area contributed by atoms with Crippen molar-refractivity contribution in [2.24, 2.45) is 5.92 Å². The first-order valence-electron chi connectivity index (χ1n) is 8.52. The van der Waals surface area contributed by atoms with Gasteiger partial charge < -0.3 is 15.4 Å². The van der Waals surface area contributed by atoms with Crippen LogP contribution in [0, 0.1) is 5.92 Å². The highest BCUT2D eigenvalue weighted by Crippen LogP contribution is 2.33. The molecule has 0 aromatic carbocycles. The zero-order valence-corrected chi connectivity index (χ0v) is 14.4. The molecule has 6 heteroatoms. The van der Waals surface area contributed by atoms with Crippen LogP contribution in [-0.2, 0) is 11.2 Å². The van der Waals surface area contributed by atoms with Gasteiger partial charge in [0.15, 0.2) is 0 Å². The van der Waals surface area contributed by atoms with E-state index in [4.69, 9.17) is 10.5 Å². The van der Waals surface area contributed by atoms with E-state index in [1.807, 2.05) is 18.3 Å². The third-order valence-corrected chi connectivity index (χ3v) is 4.63. The number of nitrogens with two attached hydrogens (primary N) is 1. The fourth-order valence-corrected chi connectivity index (χ4v) is 3.32. The zero-order valence-electron chi connectivity index (χ0n) is 14.4. The summed E-state index contributed by atoms with van der Waals surface area (Å²) in [6.07, 6.45) is 6.59. The van der Waals surface area contributed by atoms with Crippen LogP contribution >= 0.6 is 0 Å². The van der Waals surface area contributed by atoms with Crippen molar-refractivity contribution >= 4 is 11.6 Å². The van der Waals surface area contributed by atoms with Gasteiger partial charge in [-0.05, 0) is 37.3 Å². The third kappa shape index (κ3) is 3.48. The molecule has 2 N–H and O–H groups in total. The van der Waals surface area contributed by atoms with Gasteiger partial charge >= 0.3 is 0 Å². The lowest BCUT2D eigenvalue weighted by molar-refractivity contribution is 0.139. The van der Waals surface area contributed by atoms with Crippen molar-refractivity contribution in [1.82, 2.24) is 15.0 Å². The molecule has 2 aromatic heterocycles. The Kier molecular flexibility index (Phi) is 5.25. The van der Waals surface area contributed by atoms with Crippen molar-refractivity contribution < 1.29 is 4.74 Å². The summed E-state index contributed by atoms with van der Waals surface area (Å²) in [5.74, 6) is 2.17. The summed E-state index contributed by atoms with van der Waals surface area (Å²) in [5.41, 5.74) is 8.89. The minimum Gasteiger partial charge on any atom is -0.384 e. The molecular weight excluding hydrogens is 302 g/mol. The van der Waals surface area contributed by atoms with Gasteiger partial charge in [0.25, 0.3) is 0 Å². The van der Waals surface area contributed by atoms with Gasteiger partial charge in [-0.3, -0.25) is 0 Å². The van der Waals surface area contributed by atoms with E-state index in [1.165, 1.54) is 0 Å². The predicted molar refractivity (Wildman–Crippen MR) is 95.9 cm³/mol. The van der Waals surface area contributed by atoms with Crippen LogP contribution in [0.1, 0.15) is 25.5 Å². The second kappa shape index (κ2) is 7.57. The first kappa shape index (κ1) is 16.6. The molecule has 0 aliphatic carbocycles. The van der Waals surface area contributed by atoms with Crippen molar-refractivity contribution in [3.63, 3.8) is 0 Å². The number of hydrogen-bond acceptors (Lipinski definition) is 6. The van der Waals surface area contributed by atoms with E-state index in [0.29, 0.717) is 11.7 Å². The average Bonchev–Trinajstić information content (AvgIpc) is 2.63. The number of hydrogen-bond donors (Lipinski definition) is 1. The summed E-state index contributed by atoms with van der Waals surface area (Å²) in [6, 6.07) is 3.83. The van der Waals surface area contributed by atoms with Crippen LogP contribution in [0.5, 0.6) is 0 Å². The summed E-state index contributed by atoms with van der Waals surface area (Å²) in [4.78, 5) is 15.7. The Balaban J connectivity index is 1.92. The van der Waals surface area contributed by atoms with Gasteiger partial charge in [0.05, 0.1) is 5.69 Å². The average molecular weight is 327 g/mol. The van der Waals surface area contributed by atoms with Crippen LogP contribution in [0.4, 0.5) is 11.6 Å². The maximum absolute atomic E-state index is 5.74. The number of ether oxygens (including phenoxy) is 1. The molecule has 3 rings (SSSR count). The largest absolute Gasteiger partial charge is 0.384 e. The number of nitrogen functional groups attached to an aromatic ring is 1. The number of rotatable bonds is 5. The second-order valence-corrected chi connectivity index (χ2v) is 6.23. The van der Waals surface area contributed by atoms with Gasteiger partial charge in [-0.25, -0.2) is 15.0 Å². The first-order valence-corrected chi connectivity index (χ1v) is 8.52. The molecule has 0 amide bonds. The Morgan fingerprint density at radius 3 is 2.62 bits per heavy atom. The molecule has 1 saturated heterocycles. The van der Waals surface area contributed by atoms with Gasteiger partial charge in [-0.15, -0.1) is 0 Å². The fourth-order valence-electron chi connectivity index (χ4n) is 3.32. The van der Waals surface area contributed by atoms with Gasteiger partial charge in [0.1, 0.15) is 18.0 Å². The van der Waals surface area contributed by atoms with Gasteiger partial charge in [0.2, 0.25) is 0 Å². The smallest absolute Gasteiger partial charge is 0.140 e. The predicted octanol–water partition coefficient (Wildman–Crippen LogP) is 2.55. The van der Waals surface area contributed by atoms with Crippen LogP contribution in [0.25, 0.3) is 11.1 Å². The molecule has 2 aromatic rings. The summed E-state index contributed by atoms with van der Waals surface area (Å²) in [5, 5.41) is 0. The maximum Gasteiger partial charge on any atom is 0.140 e. The van der Waals surface area contributed by atoms with Crippen LogP contribution in [0.15, 0.2) is 24.7 Å². The summed E-state index contributed by atoms with van der Waals surface area (Å²) in [6.45, 7) is 4.94. The summed E-state index contributed by atoms with van der Waals surface area (Å²) >= 11 is 0. The van der Waals surface area contributed by atoms with Gasteiger partial charge in [-0.1, -0.05) is 6.92 Å². The number of pyridine rings is 1. The third-order valence-electron chi connectivity index (χ3n) is 4.63. The molecule has 0 bridgehead atoms. The Hall–Kier alpha value is -2.21. The number of piperidine rings is 1. The second-order valence-electron chi connectivity index (χ2n) is 6.23. The summed E-state index contributed by atoms with van der Waals surface area (Å²) in [7, 11) is 1.77. The maximum atomic E-state index is 5.74. The Morgan fingerprint density at radius 1 is 1.21 bits per heavy atom. The molecule has 0 unspecified atom stereocenters. The minimum atomic E-state index is 0.524. The van der Waals surface area contributed by atoms with Gasteiger partial charge in [-0.2, -0.15) is 0 Å². The molecule has 0 saturated carbocycles. The van der Waals surface area contributed by atoms with Crippen LogP contribution in [0.3, 0.4) is 0 Å². The highest BCUT2D eigenvalue weighted by atomic mass is 16.5. The number of aromatic nitrogens is 3. The molecule has 3 heterocycles. The highest BCUT2D eigenvalue weighted by Gasteiger charge is 2.24. The van der Waals surface area contributed by atoms with E-state index in [-0.39, 0.29) is 0 Å². The number of methoxy groups -OCH3 is 1. The van der Waals surface area contributed by atoms with E-state index in [1.54, 1.807) is 13.4 Å². The number of nitrogens with zero attached hydrogens (tertiary/aromatic N) is 4. The van der Waals surface area contributed by atoms with Crippen LogP contribution < -0.4 is 10.6 Å². The molecule has 0 radical (unpaired) electrons. The van der Waals surface area contributed by atoms with Crippen molar-refractivity contribution in [3.05, 3.63) is 30.4 Å². The Labute approximate surface area is 143 Å². The van der Waals surface area contributed by atoms with Crippen LogP contribution in [-0.4, -0.2) is 41.8 Å². The Bertz CT molecular complexity index is 666. The zero-order chi connectivity index (χ0) is 16.9. The molecular formula is C18H25N5O. The molecule has 0 spiro atoms. The number of aryl methyl sites for hydroxylation is 1. The van der Waals surface area contributed by atoms with Gasteiger partial charge in [0, 0.05) is 44.1 Å². The molecule has 24 heavy (non-hydrogen) atoms. The monoisotopic (exact) mass is 327 g/mol. The molecule has 1 aliphatic rings. The van der Waals surface area contributed by atoms with E-state index < -0.39 is 0 Å². The van der Waals surface area contributed by atoms with Crippen molar-refractivity contribution in [2.75, 3.05) is 37.4 Å². The lowest BCUT2D eigenvalue weighted by atomic mass is 9.96. The minimum absolute atomic E-state index is 0.524. The van der Waals surface area contributed by atoms with Crippen molar-refractivity contribution in [2.45, 2.75) is 26.2 Å². The van der Waals surface area contributed by atoms with Crippen LogP contribution in [0.2, 0.25) is 0 Å². The molecule has 1 aliphatic heterocycles. The standard InChI is InChI=1S/C18H25N5O/c1-3-15-17(14-4-5-16(19)20-10-14)18(22-12-21-15)23-8-6-13(7-9-23)11-24-2/h4-5,10,12-13H,3,6-9,11H2,1-2H3,(H2,19,20). The van der Waals surface area contributed by atoms with Crippen molar-refractivity contribution in [1.29, 1.82) is 0 Å².